The first-order valence-electron chi connectivity index (χ1n) is 9.28. The van der Waals surface area contributed by atoms with Crippen molar-refractivity contribution in [3.8, 4) is 6.07 Å². The van der Waals surface area contributed by atoms with Crippen LogP contribution in [0.4, 0.5) is 17.5 Å². The number of pyridine rings is 1. The summed E-state index contributed by atoms with van der Waals surface area (Å²) in [5.74, 6) is 2.80. The van der Waals surface area contributed by atoms with Crippen LogP contribution in [0, 0.1) is 11.3 Å². The van der Waals surface area contributed by atoms with E-state index in [1.54, 1.807) is 12.3 Å². The van der Waals surface area contributed by atoms with E-state index in [-0.39, 0.29) is 0 Å². The Kier molecular flexibility index (Phi) is 4.82. The van der Waals surface area contributed by atoms with Crippen molar-refractivity contribution in [2.45, 2.75) is 19.3 Å². The molecule has 0 N–H and O–H groups in total. The van der Waals surface area contributed by atoms with Crippen molar-refractivity contribution in [1.29, 1.82) is 5.26 Å². The highest BCUT2D eigenvalue weighted by atomic mass is 15.3. The van der Waals surface area contributed by atoms with Crippen molar-refractivity contribution in [1.82, 2.24) is 15.2 Å². The van der Waals surface area contributed by atoms with E-state index in [1.165, 1.54) is 19.3 Å². The second kappa shape index (κ2) is 7.56. The molecule has 0 amide bonds. The Bertz CT molecular complexity index is 769. The maximum absolute atomic E-state index is 9.04. The minimum absolute atomic E-state index is 0.650. The molecule has 2 aliphatic rings. The van der Waals surface area contributed by atoms with Gasteiger partial charge in [0, 0.05) is 45.5 Å². The highest BCUT2D eigenvalue weighted by Crippen LogP contribution is 2.21. The molecule has 7 nitrogen and oxygen atoms in total. The van der Waals surface area contributed by atoms with Gasteiger partial charge in [0.25, 0.3) is 0 Å². The topological polar surface area (TPSA) is 72.2 Å². The summed E-state index contributed by atoms with van der Waals surface area (Å²) >= 11 is 0. The van der Waals surface area contributed by atoms with Crippen LogP contribution < -0.4 is 14.7 Å². The second-order valence-corrected chi connectivity index (χ2v) is 6.79. The maximum Gasteiger partial charge on any atom is 0.151 e. The molecule has 0 aromatic carbocycles. The van der Waals surface area contributed by atoms with Crippen LogP contribution in [0.3, 0.4) is 0 Å². The Hall–Kier alpha value is -2.88. The first-order chi connectivity index (χ1) is 12.8. The zero-order chi connectivity index (χ0) is 17.8. The SMILES string of the molecule is N#Cc1ccnc(N2CCN(c3ccc(N4CCCCC4)nn3)CC2)c1. The van der Waals surface area contributed by atoms with Gasteiger partial charge in [0.1, 0.15) is 5.82 Å². The number of nitrogens with zero attached hydrogens (tertiary/aromatic N) is 7. The van der Waals surface area contributed by atoms with E-state index in [4.69, 9.17) is 5.26 Å². The van der Waals surface area contributed by atoms with Crippen molar-refractivity contribution >= 4 is 17.5 Å². The number of piperazine rings is 1. The van der Waals surface area contributed by atoms with E-state index in [2.05, 4.69) is 48.1 Å². The van der Waals surface area contributed by atoms with Gasteiger partial charge in [-0.05, 0) is 43.5 Å². The predicted molar refractivity (Wildman–Crippen MR) is 101 cm³/mol. The maximum atomic E-state index is 9.04. The van der Waals surface area contributed by atoms with Gasteiger partial charge in [0.2, 0.25) is 0 Å². The molecule has 2 fully saturated rings. The van der Waals surface area contributed by atoms with E-state index in [0.717, 1.165) is 56.7 Å². The van der Waals surface area contributed by atoms with Crippen LogP contribution in [0.25, 0.3) is 0 Å². The van der Waals surface area contributed by atoms with Crippen molar-refractivity contribution in [3.05, 3.63) is 36.0 Å². The first-order valence-corrected chi connectivity index (χ1v) is 9.28. The van der Waals surface area contributed by atoms with Crippen LogP contribution >= 0.6 is 0 Å². The molecule has 4 rings (SSSR count). The fourth-order valence-corrected chi connectivity index (χ4v) is 3.60. The summed E-state index contributed by atoms with van der Waals surface area (Å²) in [5, 5.41) is 18.0. The number of rotatable bonds is 3. The Morgan fingerprint density at radius 3 is 1.88 bits per heavy atom. The molecule has 134 valence electrons. The number of nitriles is 1. The first kappa shape index (κ1) is 16.6. The molecule has 2 saturated heterocycles. The van der Waals surface area contributed by atoms with Gasteiger partial charge in [-0.25, -0.2) is 4.98 Å². The van der Waals surface area contributed by atoms with Crippen LogP contribution in [0.5, 0.6) is 0 Å². The Labute approximate surface area is 153 Å². The summed E-state index contributed by atoms with van der Waals surface area (Å²) < 4.78 is 0. The molecule has 0 radical (unpaired) electrons. The zero-order valence-electron chi connectivity index (χ0n) is 14.9. The fraction of sp³-hybridized carbons (Fsp3) is 0.474. The van der Waals surface area contributed by atoms with Crippen LogP contribution in [0.2, 0.25) is 0 Å². The van der Waals surface area contributed by atoms with Gasteiger partial charge < -0.3 is 14.7 Å². The summed E-state index contributed by atoms with van der Waals surface area (Å²) in [5.41, 5.74) is 0.650. The molecule has 7 heteroatoms. The summed E-state index contributed by atoms with van der Waals surface area (Å²) in [6.45, 7) is 5.63. The summed E-state index contributed by atoms with van der Waals surface area (Å²) in [6, 6.07) is 9.94. The smallest absolute Gasteiger partial charge is 0.151 e. The Balaban J connectivity index is 1.37. The molecule has 0 bridgehead atoms. The molecule has 4 heterocycles. The molecule has 0 unspecified atom stereocenters. The molecule has 2 aromatic heterocycles. The minimum atomic E-state index is 0.650. The quantitative estimate of drug-likeness (QED) is 0.840. The lowest BCUT2D eigenvalue weighted by atomic mass is 10.1. The summed E-state index contributed by atoms with van der Waals surface area (Å²) in [7, 11) is 0. The van der Waals surface area contributed by atoms with E-state index in [1.807, 2.05) is 6.07 Å². The van der Waals surface area contributed by atoms with Crippen molar-refractivity contribution in [2.75, 3.05) is 54.0 Å². The molecule has 26 heavy (non-hydrogen) atoms. The van der Waals surface area contributed by atoms with Crippen LogP contribution in [-0.4, -0.2) is 54.4 Å². The van der Waals surface area contributed by atoms with E-state index < -0.39 is 0 Å². The number of anilines is 3. The van der Waals surface area contributed by atoms with Crippen molar-refractivity contribution in [2.24, 2.45) is 0 Å². The number of hydrogen-bond acceptors (Lipinski definition) is 7. The second-order valence-electron chi connectivity index (χ2n) is 6.79. The normalized spacial score (nSPS) is 17.9. The van der Waals surface area contributed by atoms with Gasteiger partial charge in [-0.1, -0.05) is 0 Å². The lowest BCUT2D eigenvalue weighted by Gasteiger charge is -2.36. The largest absolute Gasteiger partial charge is 0.355 e. The van der Waals surface area contributed by atoms with Gasteiger partial charge in [-0.2, -0.15) is 5.26 Å². The molecule has 0 aliphatic carbocycles. The van der Waals surface area contributed by atoms with Gasteiger partial charge >= 0.3 is 0 Å². The predicted octanol–water partition coefficient (Wildman–Crippen LogP) is 2.06. The number of aromatic nitrogens is 3. The molecule has 0 saturated carbocycles. The fourth-order valence-electron chi connectivity index (χ4n) is 3.60. The monoisotopic (exact) mass is 349 g/mol. The van der Waals surface area contributed by atoms with Crippen LogP contribution in [-0.2, 0) is 0 Å². The van der Waals surface area contributed by atoms with E-state index in [9.17, 15) is 0 Å². The molecular weight excluding hydrogens is 326 g/mol. The number of hydrogen-bond donors (Lipinski definition) is 0. The van der Waals surface area contributed by atoms with E-state index >= 15 is 0 Å². The number of piperidine rings is 1. The third-order valence-electron chi connectivity index (χ3n) is 5.12. The summed E-state index contributed by atoms with van der Waals surface area (Å²) in [4.78, 5) is 11.2. The zero-order valence-corrected chi connectivity index (χ0v) is 14.9. The van der Waals surface area contributed by atoms with Crippen LogP contribution in [0.15, 0.2) is 30.5 Å². The van der Waals surface area contributed by atoms with Gasteiger partial charge in [0.05, 0.1) is 11.6 Å². The summed E-state index contributed by atoms with van der Waals surface area (Å²) in [6.07, 6.45) is 5.50. The third-order valence-corrected chi connectivity index (χ3v) is 5.12. The highest BCUT2D eigenvalue weighted by molar-refractivity contribution is 5.49. The molecule has 2 aliphatic heterocycles. The molecular formula is C19H23N7. The molecule has 2 aromatic rings. The van der Waals surface area contributed by atoms with Gasteiger partial charge in [-0.3, -0.25) is 0 Å². The highest BCUT2D eigenvalue weighted by Gasteiger charge is 2.20. The van der Waals surface area contributed by atoms with Gasteiger partial charge in [-0.15, -0.1) is 10.2 Å². The third kappa shape index (κ3) is 3.54. The Morgan fingerprint density at radius 2 is 1.31 bits per heavy atom. The molecule has 0 spiro atoms. The lowest BCUT2D eigenvalue weighted by molar-refractivity contribution is 0.570. The molecule has 0 atom stereocenters. The van der Waals surface area contributed by atoms with Crippen molar-refractivity contribution in [3.63, 3.8) is 0 Å². The lowest BCUT2D eigenvalue weighted by Crippen LogP contribution is -2.47. The standard InChI is InChI=1S/C19H23N7/c20-15-16-6-7-21-19(14-16)26-12-10-25(11-13-26)18-5-4-17(22-23-18)24-8-2-1-3-9-24/h4-7,14H,1-3,8-13H2. The Morgan fingerprint density at radius 1 is 0.731 bits per heavy atom. The minimum Gasteiger partial charge on any atom is -0.355 e. The van der Waals surface area contributed by atoms with Crippen molar-refractivity contribution < 1.29 is 0 Å². The van der Waals surface area contributed by atoms with Crippen LogP contribution in [0.1, 0.15) is 24.8 Å². The van der Waals surface area contributed by atoms with E-state index in [0.29, 0.717) is 5.56 Å². The average molecular weight is 349 g/mol. The van der Waals surface area contributed by atoms with Gasteiger partial charge in [0.15, 0.2) is 11.6 Å². The average Bonchev–Trinajstić information content (AvgIpc) is 2.75.